The van der Waals surface area contributed by atoms with Crippen LogP contribution in [0, 0.1) is 12.7 Å². The van der Waals surface area contributed by atoms with Crippen molar-refractivity contribution in [2.45, 2.75) is 13.3 Å². The molecule has 0 saturated heterocycles. The molecule has 0 saturated carbocycles. The molecule has 0 aliphatic rings. The number of nitrogens with zero attached hydrogens (tertiary/aromatic N) is 1. The van der Waals surface area contributed by atoms with E-state index in [1.54, 1.807) is 19.1 Å². The van der Waals surface area contributed by atoms with Gasteiger partial charge in [0.05, 0.1) is 5.56 Å². The number of rotatable bonds is 3. The summed E-state index contributed by atoms with van der Waals surface area (Å²) in [5, 5.41) is 0.230. The second-order valence-corrected chi connectivity index (χ2v) is 4.60. The first kappa shape index (κ1) is 13.5. The fraction of sp³-hybridized carbons (Fsp3) is 0.143. The van der Waals surface area contributed by atoms with Crippen molar-refractivity contribution in [3.63, 3.8) is 0 Å². The first-order valence-electron chi connectivity index (χ1n) is 5.68. The Morgan fingerprint density at radius 3 is 2.79 bits per heavy atom. The molecule has 19 heavy (non-hydrogen) atoms. The molecule has 0 atom stereocenters. The van der Waals surface area contributed by atoms with Crippen molar-refractivity contribution in [1.82, 2.24) is 4.98 Å². The van der Waals surface area contributed by atoms with Gasteiger partial charge in [-0.15, -0.1) is 0 Å². The number of aryl methyl sites for hydroxylation is 1. The molecule has 0 unspecified atom stereocenters. The van der Waals surface area contributed by atoms with Crippen molar-refractivity contribution in [1.29, 1.82) is 0 Å². The predicted molar refractivity (Wildman–Crippen MR) is 72.8 cm³/mol. The molecular formula is C14H12ClFN2O. The molecule has 1 aromatic heterocycles. The normalized spacial score (nSPS) is 10.5. The summed E-state index contributed by atoms with van der Waals surface area (Å²) >= 11 is 5.90. The number of aromatic nitrogens is 1. The lowest BCUT2D eigenvalue weighted by Crippen LogP contribution is -2.11. The molecule has 0 aliphatic heterocycles. The summed E-state index contributed by atoms with van der Waals surface area (Å²) in [6.07, 6.45) is 1.39. The van der Waals surface area contributed by atoms with E-state index in [0.717, 1.165) is 0 Å². The zero-order valence-electron chi connectivity index (χ0n) is 10.3. The molecule has 3 nitrogen and oxygen atoms in total. The third-order valence-corrected chi connectivity index (χ3v) is 3.22. The van der Waals surface area contributed by atoms with E-state index in [9.17, 15) is 9.18 Å². The lowest BCUT2D eigenvalue weighted by atomic mass is 10.00. The third kappa shape index (κ3) is 2.74. The molecule has 2 aromatic rings. The molecule has 0 spiro atoms. The van der Waals surface area contributed by atoms with Crippen molar-refractivity contribution in [2.24, 2.45) is 0 Å². The van der Waals surface area contributed by atoms with Gasteiger partial charge >= 0.3 is 0 Å². The Morgan fingerprint density at radius 2 is 2.16 bits per heavy atom. The monoisotopic (exact) mass is 278 g/mol. The van der Waals surface area contributed by atoms with E-state index in [2.05, 4.69) is 4.98 Å². The molecule has 2 N–H and O–H groups in total. The van der Waals surface area contributed by atoms with Crippen LogP contribution in [0.3, 0.4) is 0 Å². The number of Topliss-reactive ketones (excluding diaryl/α,β-unsaturated/α-hetero) is 1. The van der Waals surface area contributed by atoms with Gasteiger partial charge in [-0.25, -0.2) is 9.37 Å². The highest BCUT2D eigenvalue weighted by Crippen LogP contribution is 2.23. The summed E-state index contributed by atoms with van der Waals surface area (Å²) in [5.74, 6) is -0.645. The summed E-state index contributed by atoms with van der Waals surface area (Å²) in [5.41, 5.74) is 6.91. The molecule has 1 aromatic carbocycles. The predicted octanol–water partition coefficient (Wildman–Crippen LogP) is 3.19. The fourth-order valence-corrected chi connectivity index (χ4v) is 2.12. The molecule has 5 heteroatoms. The minimum Gasteiger partial charge on any atom is -0.383 e. The van der Waals surface area contributed by atoms with Crippen molar-refractivity contribution in [3.8, 4) is 0 Å². The summed E-state index contributed by atoms with van der Waals surface area (Å²) < 4.78 is 13.6. The zero-order chi connectivity index (χ0) is 14.0. The molecule has 0 radical (unpaired) electrons. The van der Waals surface area contributed by atoms with E-state index in [4.69, 9.17) is 17.3 Å². The lowest BCUT2D eigenvalue weighted by Gasteiger charge is -2.09. The van der Waals surface area contributed by atoms with Crippen LogP contribution < -0.4 is 5.73 Å². The maximum absolute atomic E-state index is 13.6. The number of hydrogen-bond donors (Lipinski definition) is 1. The van der Waals surface area contributed by atoms with Crippen molar-refractivity contribution in [2.75, 3.05) is 5.73 Å². The van der Waals surface area contributed by atoms with Gasteiger partial charge in [0.2, 0.25) is 0 Å². The SMILES string of the molecule is Cc1ccnc(N)c1C(=O)Cc1c(F)cccc1Cl. The molecule has 1 heterocycles. The van der Waals surface area contributed by atoms with E-state index in [0.29, 0.717) is 11.1 Å². The van der Waals surface area contributed by atoms with Crippen LogP contribution in [0.2, 0.25) is 5.02 Å². The Labute approximate surface area is 115 Å². The number of halogens is 2. The Balaban J connectivity index is 2.37. The Hall–Kier alpha value is -1.94. The minimum atomic E-state index is -0.499. The van der Waals surface area contributed by atoms with Gasteiger partial charge in [0, 0.05) is 23.2 Å². The van der Waals surface area contributed by atoms with E-state index in [-0.39, 0.29) is 28.6 Å². The molecular weight excluding hydrogens is 267 g/mol. The highest BCUT2D eigenvalue weighted by atomic mass is 35.5. The van der Waals surface area contributed by atoms with Gasteiger partial charge in [0.25, 0.3) is 0 Å². The topological polar surface area (TPSA) is 56.0 Å². The number of pyridine rings is 1. The average molecular weight is 279 g/mol. The van der Waals surface area contributed by atoms with Gasteiger partial charge in [-0.3, -0.25) is 4.79 Å². The molecule has 2 rings (SSSR count). The minimum absolute atomic E-state index is 0.137. The molecule has 0 aliphatic carbocycles. The molecule has 0 amide bonds. The first-order chi connectivity index (χ1) is 9.00. The zero-order valence-corrected chi connectivity index (χ0v) is 11.0. The van der Waals surface area contributed by atoms with Crippen LogP contribution in [-0.2, 0) is 6.42 Å². The van der Waals surface area contributed by atoms with Crippen molar-refractivity contribution >= 4 is 23.2 Å². The number of carbonyl (C=O) groups excluding carboxylic acids is 1. The largest absolute Gasteiger partial charge is 0.383 e. The fourth-order valence-electron chi connectivity index (χ4n) is 1.89. The molecule has 0 bridgehead atoms. The van der Waals surface area contributed by atoms with E-state index in [1.807, 2.05) is 0 Å². The van der Waals surface area contributed by atoms with Crippen LogP contribution in [0.5, 0.6) is 0 Å². The van der Waals surface area contributed by atoms with Crippen LogP contribution >= 0.6 is 11.6 Å². The molecule has 98 valence electrons. The number of hydrogen-bond acceptors (Lipinski definition) is 3. The van der Waals surface area contributed by atoms with Crippen LogP contribution in [0.25, 0.3) is 0 Å². The smallest absolute Gasteiger partial charge is 0.171 e. The Bertz CT molecular complexity index is 603. The van der Waals surface area contributed by atoms with E-state index in [1.165, 1.54) is 18.3 Å². The Kier molecular flexibility index (Phi) is 3.81. The summed E-state index contributed by atoms with van der Waals surface area (Å²) in [7, 11) is 0. The third-order valence-electron chi connectivity index (χ3n) is 2.87. The quantitative estimate of drug-likeness (QED) is 0.877. The van der Waals surface area contributed by atoms with Gasteiger partial charge < -0.3 is 5.73 Å². The highest BCUT2D eigenvalue weighted by Gasteiger charge is 2.17. The number of ketones is 1. The summed E-state index contributed by atoms with van der Waals surface area (Å²) in [4.78, 5) is 16.1. The Morgan fingerprint density at radius 1 is 1.42 bits per heavy atom. The number of carbonyl (C=O) groups is 1. The summed E-state index contributed by atoms with van der Waals surface area (Å²) in [6, 6.07) is 6.00. The molecule has 0 fully saturated rings. The van der Waals surface area contributed by atoms with Crippen LogP contribution in [0.1, 0.15) is 21.5 Å². The van der Waals surface area contributed by atoms with Crippen LogP contribution in [0.15, 0.2) is 30.5 Å². The first-order valence-corrected chi connectivity index (χ1v) is 6.05. The number of anilines is 1. The van der Waals surface area contributed by atoms with Gasteiger partial charge in [-0.1, -0.05) is 17.7 Å². The lowest BCUT2D eigenvalue weighted by molar-refractivity contribution is 0.0992. The van der Waals surface area contributed by atoms with Gasteiger partial charge in [0.15, 0.2) is 5.78 Å². The van der Waals surface area contributed by atoms with Gasteiger partial charge in [-0.2, -0.15) is 0 Å². The maximum Gasteiger partial charge on any atom is 0.171 e. The number of nitrogens with two attached hydrogens (primary N) is 1. The van der Waals surface area contributed by atoms with Gasteiger partial charge in [0.1, 0.15) is 11.6 Å². The van der Waals surface area contributed by atoms with Crippen LogP contribution in [-0.4, -0.2) is 10.8 Å². The van der Waals surface area contributed by atoms with E-state index >= 15 is 0 Å². The van der Waals surface area contributed by atoms with Crippen molar-refractivity contribution < 1.29 is 9.18 Å². The average Bonchev–Trinajstić information content (AvgIpc) is 2.34. The standard InChI is InChI=1S/C14H12ClFN2O/c1-8-5-6-18-14(17)13(8)12(19)7-9-10(15)3-2-4-11(9)16/h2-6H,7H2,1H3,(H2,17,18). The summed E-state index contributed by atoms with van der Waals surface area (Å²) in [6.45, 7) is 1.76. The van der Waals surface area contributed by atoms with Crippen molar-refractivity contribution in [3.05, 3.63) is 58.0 Å². The number of benzene rings is 1. The highest BCUT2D eigenvalue weighted by molar-refractivity contribution is 6.31. The maximum atomic E-state index is 13.6. The second kappa shape index (κ2) is 5.36. The van der Waals surface area contributed by atoms with Crippen LogP contribution in [0.4, 0.5) is 10.2 Å². The van der Waals surface area contributed by atoms with E-state index < -0.39 is 5.82 Å². The second-order valence-electron chi connectivity index (χ2n) is 4.19. The number of nitrogen functional groups attached to an aromatic ring is 1. The van der Waals surface area contributed by atoms with Gasteiger partial charge in [-0.05, 0) is 30.7 Å².